The van der Waals surface area contributed by atoms with Gasteiger partial charge in [0.15, 0.2) is 11.6 Å². The first-order chi connectivity index (χ1) is 16.0. The van der Waals surface area contributed by atoms with E-state index in [4.69, 9.17) is 26.8 Å². The highest BCUT2D eigenvalue weighted by molar-refractivity contribution is 6.32. The maximum atomic E-state index is 15.7. The summed E-state index contributed by atoms with van der Waals surface area (Å²) in [6.45, 7) is 4.16. The van der Waals surface area contributed by atoms with Gasteiger partial charge in [-0.2, -0.15) is 0 Å². The molecule has 8 heteroatoms. The highest BCUT2D eigenvalue weighted by Gasteiger charge is 2.27. The molecule has 0 aromatic heterocycles. The zero-order valence-corrected chi connectivity index (χ0v) is 19.7. The second-order valence-electron chi connectivity index (χ2n) is 8.45. The second-order valence-corrected chi connectivity index (χ2v) is 8.86. The maximum absolute atomic E-state index is 15.7. The van der Waals surface area contributed by atoms with Crippen LogP contribution in [0.4, 0.5) is 4.39 Å². The summed E-state index contributed by atoms with van der Waals surface area (Å²) in [5.41, 5.74) is 5.94. The lowest BCUT2D eigenvalue weighted by molar-refractivity contribution is -0.121. The molecule has 2 aromatic carbocycles. The monoisotopic (exact) mass is 477 g/mol. The number of hydrogen-bond acceptors (Lipinski definition) is 5. The molecular weight excluding hydrogens is 445 g/mol. The van der Waals surface area contributed by atoms with Crippen molar-refractivity contribution >= 4 is 17.5 Å². The highest BCUT2D eigenvalue weighted by Crippen LogP contribution is 2.38. The van der Waals surface area contributed by atoms with Crippen LogP contribution >= 0.6 is 11.6 Å². The lowest BCUT2D eigenvalue weighted by atomic mass is 9.88. The third-order valence-electron chi connectivity index (χ3n) is 5.77. The number of amides is 1. The third kappa shape index (κ3) is 7.67. The van der Waals surface area contributed by atoms with Gasteiger partial charge in [0.05, 0.1) is 5.02 Å². The number of nitrogens with one attached hydrogen (secondary N) is 2. The topological polar surface area (TPSA) is 85.6 Å². The molecule has 2 aromatic rings. The van der Waals surface area contributed by atoms with Gasteiger partial charge in [-0.15, -0.1) is 0 Å². The number of carbonyl (C=O) groups is 1. The van der Waals surface area contributed by atoms with Crippen molar-refractivity contribution in [2.24, 2.45) is 11.7 Å². The summed E-state index contributed by atoms with van der Waals surface area (Å²) in [5, 5.41) is 6.46. The van der Waals surface area contributed by atoms with Crippen molar-refractivity contribution in [3.05, 3.63) is 58.9 Å². The van der Waals surface area contributed by atoms with Crippen LogP contribution < -0.4 is 21.1 Å². The van der Waals surface area contributed by atoms with E-state index < -0.39 is 5.82 Å². The minimum absolute atomic E-state index is 0.00693. The molecular formula is C25H33ClFN3O3. The molecule has 0 aliphatic carbocycles. The van der Waals surface area contributed by atoms with Crippen molar-refractivity contribution in [1.82, 2.24) is 10.6 Å². The Labute approximate surface area is 200 Å². The number of carbonyl (C=O) groups excluding carboxylic acids is 1. The molecule has 0 bridgehead atoms. The predicted octanol–water partition coefficient (Wildman–Crippen LogP) is 4.57. The van der Waals surface area contributed by atoms with E-state index in [-0.39, 0.29) is 35.2 Å². The molecule has 0 radical (unpaired) electrons. The van der Waals surface area contributed by atoms with Gasteiger partial charge in [-0.05, 0) is 50.3 Å². The fourth-order valence-electron chi connectivity index (χ4n) is 4.08. The Morgan fingerprint density at radius 3 is 2.67 bits per heavy atom. The third-order valence-corrected chi connectivity index (χ3v) is 6.07. The van der Waals surface area contributed by atoms with E-state index in [1.807, 2.05) is 25.1 Å². The van der Waals surface area contributed by atoms with E-state index >= 15 is 4.39 Å². The van der Waals surface area contributed by atoms with Crippen LogP contribution in [0.2, 0.25) is 5.02 Å². The molecule has 6 nitrogen and oxygen atoms in total. The van der Waals surface area contributed by atoms with Gasteiger partial charge in [0.25, 0.3) is 0 Å². The van der Waals surface area contributed by atoms with Gasteiger partial charge in [0.2, 0.25) is 5.91 Å². The Morgan fingerprint density at radius 2 is 1.97 bits per heavy atom. The Morgan fingerprint density at radius 1 is 1.24 bits per heavy atom. The molecule has 33 heavy (non-hydrogen) atoms. The molecule has 1 saturated heterocycles. The summed E-state index contributed by atoms with van der Waals surface area (Å²) in [7, 11) is 0. The Hall–Kier alpha value is -2.19. The van der Waals surface area contributed by atoms with E-state index in [0.29, 0.717) is 43.5 Å². The van der Waals surface area contributed by atoms with E-state index in [0.717, 1.165) is 19.3 Å². The zero-order valence-electron chi connectivity index (χ0n) is 19.0. The van der Waals surface area contributed by atoms with Gasteiger partial charge >= 0.3 is 0 Å². The standard InChI is InChI=1S/C25H33ClFN3O3/c1-17(15-23(31)29-12-11-28)30-22(16-18-9-13-32-14-10-18)20-7-8-21(26)25(24(20)27)33-19-5-3-2-4-6-19/h2-8,17-18,22,30H,9-16,28H2,1H3,(H,29,31)/t17-,22+/m1/s1. The van der Waals surface area contributed by atoms with Crippen molar-refractivity contribution in [3.63, 3.8) is 0 Å². The normalized spacial score (nSPS) is 16.2. The van der Waals surface area contributed by atoms with E-state index in [9.17, 15) is 4.79 Å². The largest absolute Gasteiger partial charge is 0.453 e. The Balaban J connectivity index is 1.82. The van der Waals surface area contributed by atoms with Crippen LogP contribution in [0.15, 0.2) is 42.5 Å². The molecule has 1 amide bonds. The summed E-state index contributed by atoms with van der Waals surface area (Å²) in [5.74, 6) is 0.329. The number of para-hydroxylation sites is 1. The first kappa shape index (κ1) is 25.4. The minimum atomic E-state index is -0.490. The molecule has 1 heterocycles. The van der Waals surface area contributed by atoms with Gasteiger partial charge in [0, 0.05) is 50.4 Å². The Kier molecular flexibility index (Phi) is 9.94. The van der Waals surface area contributed by atoms with Crippen LogP contribution in [0, 0.1) is 11.7 Å². The van der Waals surface area contributed by atoms with Gasteiger partial charge in [-0.1, -0.05) is 35.9 Å². The van der Waals surface area contributed by atoms with Crippen LogP contribution in [0.5, 0.6) is 11.5 Å². The first-order valence-corrected chi connectivity index (χ1v) is 11.9. The molecule has 3 rings (SSSR count). The van der Waals surface area contributed by atoms with Gasteiger partial charge in [0.1, 0.15) is 5.75 Å². The molecule has 0 saturated carbocycles. The molecule has 0 spiro atoms. The fourth-order valence-corrected chi connectivity index (χ4v) is 4.27. The van der Waals surface area contributed by atoms with Gasteiger partial charge in [-0.3, -0.25) is 4.79 Å². The molecule has 1 aliphatic heterocycles. The maximum Gasteiger partial charge on any atom is 0.221 e. The summed E-state index contributed by atoms with van der Waals surface area (Å²) >= 11 is 6.31. The first-order valence-electron chi connectivity index (χ1n) is 11.5. The summed E-state index contributed by atoms with van der Waals surface area (Å²) in [4.78, 5) is 12.2. The SMILES string of the molecule is C[C@H](CC(=O)NCCN)N[C@@H](CC1CCOCC1)c1ccc(Cl)c(Oc2ccccc2)c1F. The number of hydrogen-bond donors (Lipinski definition) is 3. The molecule has 180 valence electrons. The average molecular weight is 478 g/mol. The number of ether oxygens (including phenoxy) is 2. The highest BCUT2D eigenvalue weighted by atomic mass is 35.5. The molecule has 0 unspecified atom stereocenters. The van der Waals surface area contributed by atoms with Crippen LogP contribution in [-0.4, -0.2) is 38.3 Å². The van der Waals surface area contributed by atoms with Crippen molar-refractivity contribution in [2.75, 3.05) is 26.3 Å². The number of nitrogens with two attached hydrogens (primary N) is 1. The van der Waals surface area contributed by atoms with Gasteiger partial charge < -0.3 is 25.8 Å². The summed E-state index contributed by atoms with van der Waals surface area (Å²) < 4.78 is 27.0. The van der Waals surface area contributed by atoms with Crippen molar-refractivity contribution in [1.29, 1.82) is 0 Å². The van der Waals surface area contributed by atoms with Crippen LogP contribution in [0.25, 0.3) is 0 Å². The smallest absolute Gasteiger partial charge is 0.221 e. The fraction of sp³-hybridized carbons (Fsp3) is 0.480. The lowest BCUT2D eigenvalue weighted by Crippen LogP contribution is -2.38. The molecule has 1 fully saturated rings. The van der Waals surface area contributed by atoms with E-state index in [1.165, 1.54) is 0 Å². The number of rotatable bonds is 11. The average Bonchev–Trinajstić information content (AvgIpc) is 2.81. The number of halogens is 2. The van der Waals surface area contributed by atoms with Crippen molar-refractivity contribution in [2.45, 2.75) is 44.7 Å². The van der Waals surface area contributed by atoms with Crippen LogP contribution in [0.1, 0.15) is 44.2 Å². The summed E-state index contributed by atoms with van der Waals surface area (Å²) in [6, 6.07) is 11.9. The number of benzene rings is 2. The Bertz CT molecular complexity index is 894. The van der Waals surface area contributed by atoms with E-state index in [1.54, 1.807) is 24.3 Å². The molecule has 2 atom stereocenters. The van der Waals surface area contributed by atoms with Crippen LogP contribution in [0.3, 0.4) is 0 Å². The van der Waals surface area contributed by atoms with Gasteiger partial charge in [-0.25, -0.2) is 4.39 Å². The predicted molar refractivity (Wildman–Crippen MR) is 128 cm³/mol. The second kappa shape index (κ2) is 12.9. The van der Waals surface area contributed by atoms with E-state index in [2.05, 4.69) is 10.6 Å². The minimum Gasteiger partial charge on any atom is -0.453 e. The summed E-state index contributed by atoms with van der Waals surface area (Å²) in [6.07, 6.45) is 2.84. The van der Waals surface area contributed by atoms with Crippen LogP contribution in [-0.2, 0) is 9.53 Å². The quantitative estimate of drug-likeness (QED) is 0.441. The molecule has 4 N–H and O–H groups in total. The molecule has 1 aliphatic rings. The van der Waals surface area contributed by atoms with Crippen molar-refractivity contribution in [3.8, 4) is 11.5 Å². The van der Waals surface area contributed by atoms with Crippen molar-refractivity contribution < 1.29 is 18.7 Å². The zero-order chi connectivity index (χ0) is 23.6. The lowest BCUT2D eigenvalue weighted by Gasteiger charge is -2.30.